The van der Waals surface area contributed by atoms with Gasteiger partial charge in [-0.3, -0.25) is 9.78 Å². The molecule has 1 aliphatic rings. The fraction of sp³-hybridized carbons (Fsp3) is 0.400. The van der Waals surface area contributed by atoms with Gasteiger partial charge in [0.2, 0.25) is 0 Å². The zero-order chi connectivity index (χ0) is 13.9. The maximum Gasteiger partial charge on any atom is 0.274 e. The van der Waals surface area contributed by atoms with Crippen molar-refractivity contribution in [2.75, 3.05) is 20.1 Å². The van der Waals surface area contributed by atoms with Crippen LogP contribution in [0.1, 0.15) is 23.3 Å². The summed E-state index contributed by atoms with van der Waals surface area (Å²) >= 11 is 0. The van der Waals surface area contributed by atoms with Gasteiger partial charge in [0.25, 0.3) is 5.91 Å². The van der Waals surface area contributed by atoms with E-state index >= 15 is 0 Å². The lowest BCUT2D eigenvalue weighted by Crippen LogP contribution is -2.41. The van der Waals surface area contributed by atoms with Crippen molar-refractivity contribution in [2.45, 2.75) is 18.9 Å². The third-order valence-corrected chi connectivity index (χ3v) is 3.75. The van der Waals surface area contributed by atoms with E-state index in [0.29, 0.717) is 5.69 Å². The van der Waals surface area contributed by atoms with Gasteiger partial charge in [0.15, 0.2) is 0 Å². The average molecular weight is 343 g/mol. The first-order valence-corrected chi connectivity index (χ1v) is 6.97. The van der Waals surface area contributed by atoms with Crippen LogP contribution in [0.5, 0.6) is 0 Å². The highest BCUT2D eigenvalue weighted by Gasteiger charge is 2.29. The number of para-hydroxylation sites is 2. The molecule has 1 saturated heterocycles. The molecule has 1 N–H and O–H groups in total. The molecule has 2 aromatic rings. The summed E-state index contributed by atoms with van der Waals surface area (Å²) in [5, 5.41) is 3.15. The molecule has 0 bridgehead atoms. The Morgan fingerprint density at radius 3 is 2.77 bits per heavy atom. The lowest BCUT2D eigenvalue weighted by Gasteiger charge is -2.24. The van der Waals surface area contributed by atoms with Gasteiger partial charge >= 0.3 is 0 Å². The largest absolute Gasteiger partial charge is 0.333 e. The molecule has 1 aromatic carbocycles. The number of likely N-dealkylation sites (tertiary alicyclic amines) is 1. The van der Waals surface area contributed by atoms with E-state index in [1.807, 2.05) is 36.2 Å². The van der Waals surface area contributed by atoms with E-state index in [2.05, 4.69) is 15.3 Å². The molecule has 0 aliphatic carbocycles. The molecule has 3 rings (SSSR count). The van der Waals surface area contributed by atoms with Gasteiger partial charge < -0.3 is 10.2 Å². The Balaban J connectivity index is 0.00000121. The molecule has 1 unspecified atom stereocenters. The fourth-order valence-corrected chi connectivity index (χ4v) is 2.76. The third kappa shape index (κ3) is 3.66. The van der Waals surface area contributed by atoms with Crippen LogP contribution in [0, 0.1) is 0 Å². The second-order valence-corrected chi connectivity index (χ2v) is 5.10. The minimum atomic E-state index is -0.0130. The van der Waals surface area contributed by atoms with Crippen LogP contribution in [0.2, 0.25) is 0 Å². The van der Waals surface area contributed by atoms with Gasteiger partial charge in [-0.15, -0.1) is 24.8 Å². The number of aromatic nitrogens is 2. The van der Waals surface area contributed by atoms with Crippen LogP contribution >= 0.6 is 24.8 Å². The van der Waals surface area contributed by atoms with Crippen LogP contribution in [-0.4, -0.2) is 47.0 Å². The molecule has 5 nitrogen and oxygen atoms in total. The maximum absolute atomic E-state index is 12.6. The lowest BCUT2D eigenvalue weighted by molar-refractivity contribution is 0.0731. The molecule has 1 aromatic heterocycles. The maximum atomic E-state index is 12.6. The Bertz CT molecular complexity index is 638. The van der Waals surface area contributed by atoms with Crippen molar-refractivity contribution in [3.63, 3.8) is 0 Å². The Morgan fingerprint density at radius 1 is 1.32 bits per heavy atom. The van der Waals surface area contributed by atoms with E-state index in [9.17, 15) is 4.79 Å². The van der Waals surface area contributed by atoms with Crippen LogP contribution in [0.25, 0.3) is 11.0 Å². The van der Waals surface area contributed by atoms with Gasteiger partial charge in [-0.1, -0.05) is 12.1 Å². The zero-order valence-electron chi connectivity index (χ0n) is 12.4. The Morgan fingerprint density at radius 2 is 2.05 bits per heavy atom. The SMILES string of the molecule is CNCC1CCCN1C(=O)c1cnc2ccccc2n1.Cl.Cl. The summed E-state index contributed by atoms with van der Waals surface area (Å²) in [4.78, 5) is 23.2. The number of carbonyl (C=O) groups excluding carboxylic acids is 1. The number of benzene rings is 1. The quantitative estimate of drug-likeness (QED) is 0.929. The molecule has 0 spiro atoms. The molecule has 7 heteroatoms. The highest BCUT2D eigenvalue weighted by molar-refractivity contribution is 5.94. The zero-order valence-corrected chi connectivity index (χ0v) is 14.0. The monoisotopic (exact) mass is 342 g/mol. The van der Waals surface area contributed by atoms with Gasteiger partial charge in [-0.05, 0) is 32.0 Å². The van der Waals surface area contributed by atoms with E-state index < -0.39 is 0 Å². The lowest BCUT2D eigenvalue weighted by atomic mass is 10.2. The van der Waals surface area contributed by atoms with Crippen molar-refractivity contribution in [1.29, 1.82) is 0 Å². The summed E-state index contributed by atoms with van der Waals surface area (Å²) < 4.78 is 0. The molecule has 120 valence electrons. The Labute approximate surface area is 142 Å². The summed E-state index contributed by atoms with van der Waals surface area (Å²) in [7, 11) is 1.91. The molecular weight excluding hydrogens is 323 g/mol. The van der Waals surface area contributed by atoms with Gasteiger partial charge in [0.1, 0.15) is 5.69 Å². The van der Waals surface area contributed by atoms with Crippen LogP contribution in [-0.2, 0) is 0 Å². The average Bonchev–Trinajstić information content (AvgIpc) is 2.94. The van der Waals surface area contributed by atoms with Crippen LogP contribution in [0.15, 0.2) is 30.5 Å². The minimum Gasteiger partial charge on any atom is -0.333 e. The number of likely N-dealkylation sites (N-methyl/N-ethyl adjacent to an activating group) is 1. The molecule has 1 atom stereocenters. The first-order chi connectivity index (χ1) is 9.79. The Kier molecular flexibility index (Phi) is 7.00. The third-order valence-electron chi connectivity index (χ3n) is 3.75. The van der Waals surface area contributed by atoms with Crippen molar-refractivity contribution < 1.29 is 4.79 Å². The number of hydrogen-bond acceptors (Lipinski definition) is 4. The number of nitrogens with zero attached hydrogens (tertiary/aromatic N) is 3. The summed E-state index contributed by atoms with van der Waals surface area (Å²) in [5.41, 5.74) is 2.02. The highest BCUT2D eigenvalue weighted by atomic mass is 35.5. The predicted octanol–water partition coefficient (Wildman–Crippen LogP) is 2.30. The minimum absolute atomic E-state index is 0. The second-order valence-electron chi connectivity index (χ2n) is 5.10. The molecule has 22 heavy (non-hydrogen) atoms. The number of rotatable bonds is 3. The van der Waals surface area contributed by atoms with Gasteiger partial charge in [-0.25, -0.2) is 4.98 Å². The summed E-state index contributed by atoms with van der Waals surface area (Å²) in [5.74, 6) is -0.0130. The topological polar surface area (TPSA) is 58.1 Å². The fourth-order valence-electron chi connectivity index (χ4n) is 2.76. The normalized spacial score (nSPS) is 17.0. The number of halogens is 2. The Hall–Kier alpha value is -1.43. The number of amides is 1. The standard InChI is InChI=1S/C15H18N4O.2ClH/c1-16-9-11-5-4-8-19(11)15(20)14-10-17-12-6-2-3-7-13(12)18-14;;/h2-3,6-7,10-11,16H,4-5,8-9H2,1H3;2*1H. The van der Waals surface area contributed by atoms with Crippen molar-refractivity contribution in [3.05, 3.63) is 36.2 Å². The van der Waals surface area contributed by atoms with Crippen molar-refractivity contribution in [1.82, 2.24) is 20.2 Å². The molecule has 1 fully saturated rings. The number of hydrogen-bond donors (Lipinski definition) is 1. The number of fused-ring (bicyclic) bond motifs is 1. The van der Waals surface area contributed by atoms with Crippen LogP contribution in [0.4, 0.5) is 0 Å². The predicted molar refractivity (Wildman–Crippen MR) is 92.0 cm³/mol. The van der Waals surface area contributed by atoms with Gasteiger partial charge in [-0.2, -0.15) is 0 Å². The number of carbonyl (C=O) groups is 1. The molecular formula is C15H20Cl2N4O. The molecule has 1 amide bonds. The number of nitrogens with one attached hydrogen (secondary N) is 1. The van der Waals surface area contributed by atoms with E-state index in [1.165, 1.54) is 0 Å². The molecule has 2 heterocycles. The van der Waals surface area contributed by atoms with E-state index in [0.717, 1.165) is 37.0 Å². The van der Waals surface area contributed by atoms with Crippen molar-refractivity contribution >= 4 is 41.8 Å². The van der Waals surface area contributed by atoms with Crippen LogP contribution in [0.3, 0.4) is 0 Å². The summed E-state index contributed by atoms with van der Waals surface area (Å²) in [6.07, 6.45) is 3.69. The van der Waals surface area contributed by atoms with E-state index in [-0.39, 0.29) is 36.8 Å². The van der Waals surface area contributed by atoms with Gasteiger partial charge in [0.05, 0.1) is 17.2 Å². The van der Waals surface area contributed by atoms with E-state index in [1.54, 1.807) is 6.20 Å². The molecule has 0 radical (unpaired) electrons. The van der Waals surface area contributed by atoms with Gasteiger partial charge in [0, 0.05) is 19.1 Å². The molecule has 1 aliphatic heterocycles. The first kappa shape index (κ1) is 18.6. The summed E-state index contributed by atoms with van der Waals surface area (Å²) in [6.45, 7) is 1.63. The first-order valence-electron chi connectivity index (χ1n) is 6.97. The second kappa shape index (κ2) is 8.27. The van der Waals surface area contributed by atoms with Crippen LogP contribution < -0.4 is 5.32 Å². The summed E-state index contributed by atoms with van der Waals surface area (Å²) in [6, 6.07) is 7.87. The van der Waals surface area contributed by atoms with E-state index in [4.69, 9.17) is 0 Å². The van der Waals surface area contributed by atoms with Crippen molar-refractivity contribution in [2.24, 2.45) is 0 Å². The van der Waals surface area contributed by atoms with Crippen molar-refractivity contribution in [3.8, 4) is 0 Å². The smallest absolute Gasteiger partial charge is 0.274 e. The highest BCUT2D eigenvalue weighted by Crippen LogP contribution is 2.19. The molecule has 0 saturated carbocycles.